The molecule has 0 radical (unpaired) electrons. The van der Waals surface area contributed by atoms with E-state index in [2.05, 4.69) is 31.2 Å². The van der Waals surface area contributed by atoms with Gasteiger partial charge in [0.15, 0.2) is 0 Å². The van der Waals surface area contributed by atoms with E-state index in [-0.39, 0.29) is 0 Å². The topological polar surface area (TPSA) is 47.0 Å². The molecule has 1 N–H and O–H groups in total. The second kappa shape index (κ2) is 5.54. The number of aryl methyl sites for hydroxylation is 1. The standard InChI is InChI=1S/C12H11BrClN3O/c1-7-16-11(15-2)6-12(17-7)18-10-5-8(13)3-4-9(10)14/h3-6H,1-2H3,(H,15,16,17). The van der Waals surface area contributed by atoms with Crippen molar-refractivity contribution in [1.82, 2.24) is 9.97 Å². The van der Waals surface area contributed by atoms with Gasteiger partial charge in [-0.2, -0.15) is 4.98 Å². The average Bonchev–Trinajstić information content (AvgIpc) is 2.33. The number of hydrogen-bond acceptors (Lipinski definition) is 4. The Hall–Kier alpha value is -1.33. The van der Waals surface area contributed by atoms with Crippen molar-refractivity contribution in [1.29, 1.82) is 0 Å². The molecular formula is C12H11BrClN3O. The minimum atomic E-state index is 0.451. The summed E-state index contributed by atoms with van der Waals surface area (Å²) in [5, 5.41) is 3.47. The maximum atomic E-state index is 6.05. The van der Waals surface area contributed by atoms with E-state index in [1.165, 1.54) is 0 Å². The van der Waals surface area contributed by atoms with Gasteiger partial charge < -0.3 is 10.1 Å². The minimum absolute atomic E-state index is 0.451. The highest BCUT2D eigenvalue weighted by Gasteiger charge is 2.07. The van der Waals surface area contributed by atoms with Gasteiger partial charge >= 0.3 is 0 Å². The van der Waals surface area contributed by atoms with Crippen LogP contribution in [0.3, 0.4) is 0 Å². The third-order valence-corrected chi connectivity index (χ3v) is 2.98. The van der Waals surface area contributed by atoms with Crippen LogP contribution in [-0.4, -0.2) is 17.0 Å². The molecule has 0 aliphatic heterocycles. The monoisotopic (exact) mass is 327 g/mol. The van der Waals surface area contributed by atoms with Crippen LogP contribution >= 0.6 is 27.5 Å². The fourth-order valence-electron chi connectivity index (χ4n) is 1.39. The summed E-state index contributed by atoms with van der Waals surface area (Å²) >= 11 is 9.42. The molecule has 1 aromatic heterocycles. The van der Waals surface area contributed by atoms with Gasteiger partial charge in [0.05, 0.1) is 5.02 Å². The van der Waals surface area contributed by atoms with Crippen molar-refractivity contribution in [2.24, 2.45) is 0 Å². The van der Waals surface area contributed by atoms with Crippen LogP contribution in [0, 0.1) is 6.92 Å². The van der Waals surface area contributed by atoms with Crippen LogP contribution in [0.2, 0.25) is 5.02 Å². The van der Waals surface area contributed by atoms with E-state index in [0.717, 1.165) is 4.47 Å². The summed E-state index contributed by atoms with van der Waals surface area (Å²) in [4.78, 5) is 8.39. The average molecular weight is 329 g/mol. The first kappa shape index (κ1) is 13.1. The van der Waals surface area contributed by atoms with E-state index < -0.39 is 0 Å². The molecule has 0 aliphatic carbocycles. The first-order valence-corrected chi connectivity index (χ1v) is 6.42. The summed E-state index contributed by atoms with van der Waals surface area (Å²) in [6, 6.07) is 7.11. The van der Waals surface area contributed by atoms with Gasteiger partial charge in [-0.25, -0.2) is 4.98 Å². The Morgan fingerprint density at radius 3 is 2.78 bits per heavy atom. The lowest BCUT2D eigenvalue weighted by Crippen LogP contribution is -1.98. The lowest BCUT2D eigenvalue weighted by molar-refractivity contribution is 0.460. The largest absolute Gasteiger partial charge is 0.437 e. The molecule has 2 aromatic rings. The SMILES string of the molecule is CNc1cc(Oc2cc(Br)ccc2Cl)nc(C)n1. The molecule has 1 heterocycles. The zero-order valence-corrected chi connectivity index (χ0v) is 12.2. The summed E-state index contributed by atoms with van der Waals surface area (Å²) in [5.41, 5.74) is 0. The highest BCUT2D eigenvalue weighted by atomic mass is 79.9. The molecule has 6 heteroatoms. The Labute approximate surface area is 118 Å². The predicted octanol–water partition coefficient (Wildman–Crippen LogP) is 4.03. The molecule has 0 saturated carbocycles. The summed E-state index contributed by atoms with van der Waals surface area (Å²) in [6.45, 7) is 1.80. The predicted molar refractivity (Wildman–Crippen MR) is 75.5 cm³/mol. The Morgan fingerprint density at radius 1 is 1.28 bits per heavy atom. The Morgan fingerprint density at radius 2 is 2.06 bits per heavy atom. The lowest BCUT2D eigenvalue weighted by Gasteiger charge is -2.09. The number of hydrogen-bond donors (Lipinski definition) is 1. The number of benzene rings is 1. The second-order valence-electron chi connectivity index (χ2n) is 3.57. The number of nitrogens with one attached hydrogen (secondary N) is 1. The highest BCUT2D eigenvalue weighted by molar-refractivity contribution is 9.10. The van der Waals surface area contributed by atoms with Crippen LogP contribution in [0.15, 0.2) is 28.7 Å². The van der Waals surface area contributed by atoms with Gasteiger partial charge in [-0.1, -0.05) is 27.5 Å². The van der Waals surface area contributed by atoms with Gasteiger partial charge in [-0.15, -0.1) is 0 Å². The van der Waals surface area contributed by atoms with Crippen LogP contribution in [0.4, 0.5) is 5.82 Å². The number of ether oxygens (including phenoxy) is 1. The van der Waals surface area contributed by atoms with Gasteiger partial charge in [0.2, 0.25) is 5.88 Å². The van der Waals surface area contributed by atoms with Crippen molar-refractivity contribution >= 4 is 33.3 Å². The van der Waals surface area contributed by atoms with Gasteiger partial charge in [0, 0.05) is 17.6 Å². The fourth-order valence-corrected chi connectivity index (χ4v) is 1.88. The van der Waals surface area contributed by atoms with Crippen molar-refractivity contribution in [2.45, 2.75) is 6.92 Å². The number of nitrogens with zero attached hydrogens (tertiary/aromatic N) is 2. The molecule has 94 valence electrons. The van der Waals surface area contributed by atoms with Crippen molar-refractivity contribution in [3.63, 3.8) is 0 Å². The molecule has 0 fully saturated rings. The molecule has 0 unspecified atom stereocenters. The molecule has 0 bridgehead atoms. The van der Waals surface area contributed by atoms with Crippen molar-refractivity contribution in [3.05, 3.63) is 39.6 Å². The molecule has 18 heavy (non-hydrogen) atoms. The molecule has 0 saturated heterocycles. The summed E-state index contributed by atoms with van der Waals surface area (Å²) in [7, 11) is 1.79. The van der Waals surface area contributed by atoms with E-state index in [4.69, 9.17) is 16.3 Å². The van der Waals surface area contributed by atoms with Gasteiger partial charge in [0.25, 0.3) is 0 Å². The number of rotatable bonds is 3. The van der Waals surface area contributed by atoms with Gasteiger partial charge in [0.1, 0.15) is 17.4 Å². The first-order chi connectivity index (χ1) is 8.58. The summed E-state index contributed by atoms with van der Waals surface area (Å²) in [5.74, 6) is 2.32. The summed E-state index contributed by atoms with van der Waals surface area (Å²) < 4.78 is 6.55. The molecule has 0 amide bonds. The Kier molecular flexibility index (Phi) is 4.04. The molecular weight excluding hydrogens is 318 g/mol. The molecule has 0 atom stereocenters. The zero-order valence-electron chi connectivity index (χ0n) is 9.87. The van der Waals surface area contributed by atoms with Crippen molar-refractivity contribution < 1.29 is 4.74 Å². The normalized spacial score (nSPS) is 10.2. The number of anilines is 1. The van der Waals surface area contributed by atoms with E-state index in [0.29, 0.717) is 28.3 Å². The van der Waals surface area contributed by atoms with Crippen LogP contribution in [0.1, 0.15) is 5.82 Å². The fraction of sp³-hybridized carbons (Fsp3) is 0.167. The zero-order chi connectivity index (χ0) is 13.1. The van der Waals surface area contributed by atoms with Crippen LogP contribution < -0.4 is 10.1 Å². The second-order valence-corrected chi connectivity index (χ2v) is 4.89. The van der Waals surface area contributed by atoms with Crippen molar-refractivity contribution in [3.8, 4) is 11.6 Å². The molecule has 1 aromatic carbocycles. The van der Waals surface area contributed by atoms with E-state index in [1.54, 1.807) is 32.2 Å². The number of halogens is 2. The maximum absolute atomic E-state index is 6.05. The van der Waals surface area contributed by atoms with Crippen LogP contribution in [-0.2, 0) is 0 Å². The van der Waals surface area contributed by atoms with E-state index in [1.807, 2.05) is 6.07 Å². The van der Waals surface area contributed by atoms with E-state index >= 15 is 0 Å². The molecule has 4 nitrogen and oxygen atoms in total. The Bertz CT molecular complexity index is 577. The third kappa shape index (κ3) is 3.11. The van der Waals surface area contributed by atoms with Gasteiger partial charge in [-0.3, -0.25) is 0 Å². The van der Waals surface area contributed by atoms with E-state index in [9.17, 15) is 0 Å². The molecule has 2 rings (SSSR count). The lowest BCUT2D eigenvalue weighted by atomic mass is 10.3. The highest BCUT2D eigenvalue weighted by Crippen LogP contribution is 2.31. The van der Waals surface area contributed by atoms with Crippen LogP contribution in [0.5, 0.6) is 11.6 Å². The van der Waals surface area contributed by atoms with Crippen LogP contribution in [0.25, 0.3) is 0 Å². The first-order valence-electron chi connectivity index (χ1n) is 5.25. The third-order valence-electron chi connectivity index (χ3n) is 2.18. The number of aromatic nitrogens is 2. The minimum Gasteiger partial charge on any atom is -0.437 e. The molecule has 0 aliphatic rings. The summed E-state index contributed by atoms with van der Waals surface area (Å²) in [6.07, 6.45) is 0. The maximum Gasteiger partial charge on any atom is 0.224 e. The molecule has 0 spiro atoms. The quantitative estimate of drug-likeness (QED) is 0.924. The smallest absolute Gasteiger partial charge is 0.224 e. The van der Waals surface area contributed by atoms with Gasteiger partial charge in [-0.05, 0) is 25.1 Å². The van der Waals surface area contributed by atoms with Crippen molar-refractivity contribution in [2.75, 3.05) is 12.4 Å². The Balaban J connectivity index is 2.33.